The number of thiophene rings is 1. The molecule has 2 aromatic rings. The van der Waals surface area contributed by atoms with Gasteiger partial charge in [-0.3, -0.25) is 9.59 Å². The first-order valence-corrected chi connectivity index (χ1v) is 9.21. The topological polar surface area (TPSA) is 105 Å². The third kappa shape index (κ3) is 4.40. The molecule has 1 aliphatic rings. The van der Waals surface area contributed by atoms with Gasteiger partial charge in [-0.15, -0.1) is 11.3 Å². The molecule has 1 atom stereocenters. The Bertz CT molecular complexity index is 807. The van der Waals surface area contributed by atoms with Crippen molar-refractivity contribution < 1.29 is 14.4 Å². The van der Waals surface area contributed by atoms with Gasteiger partial charge >= 0.3 is 6.03 Å². The molecule has 2 heterocycles. The Hall–Kier alpha value is -2.87. The van der Waals surface area contributed by atoms with Gasteiger partial charge in [0.1, 0.15) is 0 Å². The van der Waals surface area contributed by atoms with Crippen LogP contribution in [0.25, 0.3) is 0 Å². The Morgan fingerprint density at radius 1 is 1.12 bits per heavy atom. The normalized spacial score (nSPS) is 16.8. The number of nitrogens with two attached hydrogens (primary N) is 1. The van der Waals surface area contributed by atoms with Gasteiger partial charge in [-0.25, -0.2) is 4.79 Å². The number of primary amides is 1. The molecule has 8 heteroatoms. The summed E-state index contributed by atoms with van der Waals surface area (Å²) in [5.74, 6) is -0.421. The van der Waals surface area contributed by atoms with E-state index >= 15 is 0 Å². The van der Waals surface area contributed by atoms with E-state index in [1.807, 2.05) is 11.4 Å². The second-order valence-electron chi connectivity index (χ2n) is 6.13. The molecule has 0 saturated carbocycles. The van der Waals surface area contributed by atoms with Crippen molar-refractivity contribution in [3.05, 3.63) is 46.7 Å². The van der Waals surface area contributed by atoms with Gasteiger partial charge in [0.25, 0.3) is 5.91 Å². The van der Waals surface area contributed by atoms with Crippen molar-refractivity contribution >= 4 is 40.6 Å². The van der Waals surface area contributed by atoms with Crippen LogP contribution in [0.4, 0.5) is 16.2 Å². The maximum Gasteiger partial charge on any atom is 0.316 e. The number of benzene rings is 1. The molecule has 0 spiro atoms. The highest BCUT2D eigenvalue weighted by Gasteiger charge is 2.29. The third-order valence-electron chi connectivity index (χ3n) is 4.21. The van der Waals surface area contributed by atoms with Gasteiger partial charge < -0.3 is 21.3 Å². The number of hydrogen-bond donors (Lipinski definition) is 3. The van der Waals surface area contributed by atoms with Gasteiger partial charge in [-0.05, 0) is 42.5 Å². The number of rotatable bonds is 4. The highest BCUT2D eigenvalue weighted by molar-refractivity contribution is 7.12. The van der Waals surface area contributed by atoms with Gasteiger partial charge in [-0.1, -0.05) is 12.1 Å². The zero-order valence-electron chi connectivity index (χ0n) is 14.1. The zero-order chi connectivity index (χ0) is 18.5. The molecule has 0 aliphatic carbocycles. The number of hydrogen-bond acceptors (Lipinski definition) is 4. The molecule has 1 aliphatic heterocycles. The summed E-state index contributed by atoms with van der Waals surface area (Å²) in [6.07, 6.45) is 1.53. The van der Waals surface area contributed by atoms with Crippen LogP contribution in [0.3, 0.4) is 0 Å². The predicted molar refractivity (Wildman–Crippen MR) is 101 cm³/mol. The molecule has 0 bridgehead atoms. The summed E-state index contributed by atoms with van der Waals surface area (Å²) in [5.41, 5.74) is 6.18. The number of urea groups is 1. The number of carbonyl (C=O) groups excluding carboxylic acids is 3. The van der Waals surface area contributed by atoms with Crippen molar-refractivity contribution in [2.75, 3.05) is 23.7 Å². The number of anilines is 2. The zero-order valence-corrected chi connectivity index (χ0v) is 14.9. The molecule has 7 nitrogen and oxygen atoms in total. The molecular formula is C18H20N4O3S. The lowest BCUT2D eigenvalue weighted by Gasteiger charge is -2.31. The van der Waals surface area contributed by atoms with Gasteiger partial charge in [0.15, 0.2) is 0 Å². The van der Waals surface area contributed by atoms with Gasteiger partial charge in [-0.2, -0.15) is 0 Å². The first-order chi connectivity index (χ1) is 12.5. The first-order valence-electron chi connectivity index (χ1n) is 8.33. The van der Waals surface area contributed by atoms with Crippen LogP contribution >= 0.6 is 11.3 Å². The summed E-state index contributed by atoms with van der Waals surface area (Å²) < 4.78 is 0. The Balaban J connectivity index is 1.62. The maximum absolute atomic E-state index is 12.6. The van der Waals surface area contributed by atoms with Crippen molar-refractivity contribution in [2.45, 2.75) is 12.8 Å². The van der Waals surface area contributed by atoms with E-state index in [0.29, 0.717) is 29.3 Å². The lowest BCUT2D eigenvalue weighted by molar-refractivity contribution is -0.121. The van der Waals surface area contributed by atoms with E-state index in [1.165, 1.54) is 11.3 Å². The van der Waals surface area contributed by atoms with Gasteiger partial charge in [0.05, 0.1) is 10.8 Å². The highest BCUT2D eigenvalue weighted by Crippen LogP contribution is 2.23. The van der Waals surface area contributed by atoms with Crippen molar-refractivity contribution in [1.29, 1.82) is 0 Å². The van der Waals surface area contributed by atoms with Crippen molar-refractivity contribution in [2.24, 2.45) is 11.7 Å². The average Bonchev–Trinajstić information content (AvgIpc) is 3.15. The largest absolute Gasteiger partial charge is 0.351 e. The van der Waals surface area contributed by atoms with Crippen LogP contribution in [0.5, 0.6) is 0 Å². The summed E-state index contributed by atoms with van der Waals surface area (Å²) >= 11 is 1.41. The molecule has 4 N–H and O–H groups in total. The van der Waals surface area contributed by atoms with E-state index in [1.54, 1.807) is 35.2 Å². The molecule has 1 aromatic carbocycles. The molecule has 3 rings (SSSR count). The van der Waals surface area contributed by atoms with Crippen LogP contribution < -0.4 is 16.4 Å². The summed E-state index contributed by atoms with van der Waals surface area (Å²) in [6.45, 7) is 1.07. The van der Waals surface area contributed by atoms with E-state index in [4.69, 9.17) is 5.73 Å². The van der Waals surface area contributed by atoms with Crippen molar-refractivity contribution in [1.82, 2.24) is 4.90 Å². The quantitative estimate of drug-likeness (QED) is 0.768. The number of piperidine rings is 1. The van der Waals surface area contributed by atoms with E-state index < -0.39 is 6.03 Å². The number of amides is 4. The van der Waals surface area contributed by atoms with Crippen LogP contribution in [-0.2, 0) is 4.79 Å². The highest BCUT2D eigenvalue weighted by atomic mass is 32.1. The molecule has 136 valence electrons. The van der Waals surface area contributed by atoms with Crippen molar-refractivity contribution in [3.63, 3.8) is 0 Å². The minimum atomic E-state index is -0.663. The van der Waals surface area contributed by atoms with E-state index in [0.717, 1.165) is 12.8 Å². The predicted octanol–water partition coefficient (Wildman–Crippen LogP) is 2.73. The molecule has 0 radical (unpaired) electrons. The third-order valence-corrected chi connectivity index (χ3v) is 5.07. The lowest BCUT2D eigenvalue weighted by Crippen LogP contribution is -2.43. The minimum Gasteiger partial charge on any atom is -0.351 e. The molecule has 1 saturated heterocycles. The molecule has 1 aromatic heterocycles. The second-order valence-corrected chi connectivity index (χ2v) is 7.07. The van der Waals surface area contributed by atoms with E-state index in [9.17, 15) is 14.4 Å². The standard InChI is InChI=1S/C18H20N4O3S/c19-18(25)21-14-6-1-5-13(10-14)20-16(23)12-4-2-8-22(11-12)17(24)15-7-3-9-26-15/h1,3,5-7,9-10,12H,2,4,8,11H2,(H,20,23)(H3,19,21,25). The fourth-order valence-corrected chi connectivity index (χ4v) is 3.68. The number of nitrogens with one attached hydrogen (secondary N) is 2. The van der Waals surface area contributed by atoms with E-state index in [-0.39, 0.29) is 17.7 Å². The summed E-state index contributed by atoms with van der Waals surface area (Å²) in [5, 5.41) is 7.19. The second kappa shape index (κ2) is 8.01. The SMILES string of the molecule is NC(=O)Nc1cccc(NC(=O)C2CCCN(C(=O)c3cccs3)C2)c1. The smallest absolute Gasteiger partial charge is 0.316 e. The van der Waals surface area contributed by atoms with Crippen LogP contribution in [0.1, 0.15) is 22.5 Å². The number of carbonyl (C=O) groups is 3. The van der Waals surface area contributed by atoms with Gasteiger partial charge in [0.2, 0.25) is 5.91 Å². The Morgan fingerprint density at radius 2 is 1.88 bits per heavy atom. The minimum absolute atomic E-state index is 0.0230. The van der Waals surface area contributed by atoms with Crippen molar-refractivity contribution in [3.8, 4) is 0 Å². The van der Waals surface area contributed by atoms with Crippen LogP contribution in [-0.4, -0.2) is 35.8 Å². The molecule has 1 fully saturated rings. The van der Waals surface area contributed by atoms with Crippen LogP contribution in [0, 0.1) is 5.92 Å². The van der Waals surface area contributed by atoms with Crippen LogP contribution in [0.15, 0.2) is 41.8 Å². The fourth-order valence-electron chi connectivity index (χ4n) is 2.99. The summed E-state index contributed by atoms with van der Waals surface area (Å²) in [7, 11) is 0. The maximum atomic E-state index is 12.6. The summed E-state index contributed by atoms with van der Waals surface area (Å²) in [6, 6.07) is 9.76. The molecule has 1 unspecified atom stereocenters. The molecular weight excluding hydrogens is 352 g/mol. The number of likely N-dealkylation sites (tertiary alicyclic amines) is 1. The Morgan fingerprint density at radius 3 is 2.58 bits per heavy atom. The van der Waals surface area contributed by atoms with Crippen LogP contribution in [0.2, 0.25) is 0 Å². The summed E-state index contributed by atoms with van der Waals surface area (Å²) in [4.78, 5) is 38.5. The number of nitrogens with zero attached hydrogens (tertiary/aromatic N) is 1. The first kappa shape index (κ1) is 17.9. The fraction of sp³-hybridized carbons (Fsp3) is 0.278. The lowest BCUT2D eigenvalue weighted by atomic mass is 9.97. The Kier molecular flexibility index (Phi) is 5.52. The van der Waals surface area contributed by atoms with Gasteiger partial charge in [0, 0.05) is 24.5 Å². The molecule has 26 heavy (non-hydrogen) atoms. The average molecular weight is 372 g/mol. The monoisotopic (exact) mass is 372 g/mol. The Labute approximate surface area is 155 Å². The van der Waals surface area contributed by atoms with E-state index in [2.05, 4.69) is 10.6 Å². The molecule has 4 amide bonds.